The van der Waals surface area contributed by atoms with Gasteiger partial charge in [0.1, 0.15) is 0 Å². The highest BCUT2D eigenvalue weighted by atomic mass is 19.2. The Balaban J connectivity index is 1.97. The second-order valence-corrected chi connectivity index (χ2v) is 5.48. The Morgan fingerprint density at radius 2 is 1.90 bits per heavy atom. The summed E-state index contributed by atoms with van der Waals surface area (Å²) >= 11 is 0. The van der Waals surface area contributed by atoms with Crippen molar-refractivity contribution in [2.45, 2.75) is 30.5 Å². The molecule has 2 aliphatic rings. The second-order valence-electron chi connectivity index (χ2n) is 5.48. The summed E-state index contributed by atoms with van der Waals surface area (Å²) in [7, 11) is 1.28. The number of ether oxygens (including phenoxy) is 2. The maximum absolute atomic E-state index is 14.2. The fourth-order valence-electron chi connectivity index (χ4n) is 3.19. The Bertz CT molecular complexity index is 511. The highest BCUT2D eigenvalue weighted by Gasteiger charge is 2.44. The number of fused-ring (bicyclic) bond motifs is 2. The van der Waals surface area contributed by atoms with Crippen LogP contribution in [0.3, 0.4) is 0 Å². The van der Waals surface area contributed by atoms with Crippen LogP contribution in [0.2, 0.25) is 0 Å². The van der Waals surface area contributed by atoms with Crippen molar-refractivity contribution in [1.29, 1.82) is 0 Å². The molecule has 4 nitrogen and oxygen atoms in total. The topological polar surface area (TPSA) is 50.7 Å². The van der Waals surface area contributed by atoms with Crippen LogP contribution < -0.4 is 10.1 Å². The highest BCUT2D eigenvalue weighted by molar-refractivity contribution is 5.35. The Morgan fingerprint density at radius 3 is 2.50 bits per heavy atom. The molecule has 0 aliphatic carbocycles. The molecule has 0 amide bonds. The number of piperidine rings is 1. The zero-order valence-electron chi connectivity index (χ0n) is 11.2. The predicted molar refractivity (Wildman–Crippen MR) is 67.6 cm³/mol. The Hall–Kier alpha value is -1.24. The first-order valence-electron chi connectivity index (χ1n) is 6.62. The maximum atomic E-state index is 14.2. The van der Waals surface area contributed by atoms with Gasteiger partial charge < -0.3 is 19.9 Å². The molecule has 2 N–H and O–H groups in total. The summed E-state index contributed by atoms with van der Waals surface area (Å²) in [6, 6.07) is 2.66. The average Bonchev–Trinajstić information content (AvgIpc) is 2.41. The van der Waals surface area contributed by atoms with Crippen LogP contribution in [0.4, 0.5) is 8.78 Å². The molecule has 0 saturated carbocycles. The quantitative estimate of drug-likeness (QED) is 0.860. The molecule has 2 fully saturated rings. The van der Waals surface area contributed by atoms with Crippen molar-refractivity contribution in [3.8, 4) is 5.75 Å². The third kappa shape index (κ3) is 2.17. The van der Waals surface area contributed by atoms with Gasteiger partial charge in [-0.3, -0.25) is 0 Å². The number of rotatable bonds is 2. The molecule has 2 unspecified atom stereocenters. The lowest BCUT2D eigenvalue weighted by atomic mass is 9.78. The number of halogens is 2. The number of nitrogens with one attached hydrogen (secondary N) is 1. The maximum Gasteiger partial charge on any atom is 0.200 e. The molecule has 2 atom stereocenters. The van der Waals surface area contributed by atoms with Crippen LogP contribution in [-0.4, -0.2) is 37.5 Å². The number of morpholine rings is 1. The van der Waals surface area contributed by atoms with Gasteiger partial charge in [-0.1, -0.05) is 0 Å². The molecule has 2 aliphatic heterocycles. The van der Waals surface area contributed by atoms with Gasteiger partial charge in [-0.05, 0) is 25.0 Å². The van der Waals surface area contributed by atoms with Crippen molar-refractivity contribution in [2.24, 2.45) is 0 Å². The van der Waals surface area contributed by atoms with E-state index in [-0.39, 0.29) is 23.4 Å². The van der Waals surface area contributed by atoms with Crippen LogP contribution >= 0.6 is 0 Å². The summed E-state index contributed by atoms with van der Waals surface area (Å²) in [5, 5.41) is 14.1. The number of hydrogen-bond acceptors (Lipinski definition) is 4. The minimum absolute atomic E-state index is 0.00537. The molecule has 2 heterocycles. The van der Waals surface area contributed by atoms with Crippen LogP contribution in [0.5, 0.6) is 5.75 Å². The normalized spacial score (nSPS) is 33.0. The summed E-state index contributed by atoms with van der Waals surface area (Å²) in [5.74, 6) is -2.25. The average molecular weight is 285 g/mol. The van der Waals surface area contributed by atoms with E-state index in [1.54, 1.807) is 0 Å². The molecule has 2 bridgehead atoms. The van der Waals surface area contributed by atoms with E-state index in [2.05, 4.69) is 5.32 Å². The predicted octanol–water partition coefficient (Wildman–Crippen LogP) is 1.31. The lowest BCUT2D eigenvalue weighted by molar-refractivity contribution is -0.0820. The highest BCUT2D eigenvalue weighted by Crippen LogP contribution is 2.39. The molecule has 20 heavy (non-hydrogen) atoms. The van der Waals surface area contributed by atoms with Crippen molar-refractivity contribution in [3.63, 3.8) is 0 Å². The first-order valence-corrected chi connectivity index (χ1v) is 6.62. The van der Waals surface area contributed by atoms with Crippen molar-refractivity contribution >= 4 is 0 Å². The minimum Gasteiger partial charge on any atom is -0.494 e. The van der Waals surface area contributed by atoms with Crippen LogP contribution in [0.15, 0.2) is 12.1 Å². The van der Waals surface area contributed by atoms with Crippen molar-refractivity contribution in [2.75, 3.05) is 20.3 Å². The molecular formula is C14H17F2NO3. The van der Waals surface area contributed by atoms with Gasteiger partial charge in [-0.25, -0.2) is 4.39 Å². The lowest BCUT2D eigenvalue weighted by Gasteiger charge is -2.45. The third-order valence-corrected chi connectivity index (χ3v) is 4.05. The van der Waals surface area contributed by atoms with Crippen molar-refractivity contribution < 1.29 is 23.4 Å². The molecule has 3 rings (SSSR count). The Morgan fingerprint density at radius 1 is 1.25 bits per heavy atom. The summed E-state index contributed by atoms with van der Waals surface area (Å²) in [6.07, 6.45) is 0.596. The van der Waals surface area contributed by atoms with Crippen LogP contribution in [-0.2, 0) is 10.3 Å². The number of benzene rings is 1. The van der Waals surface area contributed by atoms with E-state index in [0.717, 1.165) is 0 Å². The molecule has 0 aromatic heterocycles. The first kappa shape index (κ1) is 13.7. The van der Waals surface area contributed by atoms with E-state index in [4.69, 9.17) is 9.47 Å². The first-order chi connectivity index (χ1) is 9.53. The Kier molecular flexibility index (Phi) is 3.40. The van der Waals surface area contributed by atoms with Gasteiger partial charge in [0, 0.05) is 17.6 Å². The molecular weight excluding hydrogens is 268 g/mol. The van der Waals surface area contributed by atoms with Crippen LogP contribution in [0.25, 0.3) is 0 Å². The monoisotopic (exact) mass is 285 g/mol. The van der Waals surface area contributed by atoms with Gasteiger partial charge >= 0.3 is 0 Å². The minimum atomic E-state index is -1.37. The van der Waals surface area contributed by atoms with Gasteiger partial charge in [-0.15, -0.1) is 0 Å². The molecule has 2 saturated heterocycles. The number of methoxy groups -OCH3 is 1. The lowest BCUT2D eigenvalue weighted by Crippen LogP contribution is -2.58. The summed E-state index contributed by atoms with van der Waals surface area (Å²) in [5.41, 5.74) is -1.38. The van der Waals surface area contributed by atoms with Gasteiger partial charge in [-0.2, -0.15) is 4.39 Å². The van der Waals surface area contributed by atoms with E-state index < -0.39 is 17.2 Å². The number of hydrogen-bond donors (Lipinski definition) is 2. The summed E-state index contributed by atoms with van der Waals surface area (Å²) in [6.45, 7) is 0.943. The number of aliphatic hydroxyl groups is 1. The molecule has 0 radical (unpaired) electrons. The van der Waals surface area contributed by atoms with E-state index in [9.17, 15) is 13.9 Å². The van der Waals surface area contributed by atoms with Gasteiger partial charge in [0.25, 0.3) is 0 Å². The Labute approximate surface area is 115 Å². The van der Waals surface area contributed by atoms with E-state index in [1.807, 2.05) is 0 Å². The molecule has 6 heteroatoms. The van der Waals surface area contributed by atoms with Crippen LogP contribution in [0.1, 0.15) is 18.4 Å². The SMILES string of the molecule is COc1ccc(C2(O)CC3COCC(C2)N3)c(F)c1F. The fraction of sp³-hybridized carbons (Fsp3) is 0.571. The van der Waals surface area contributed by atoms with E-state index in [0.29, 0.717) is 26.1 Å². The fourth-order valence-corrected chi connectivity index (χ4v) is 3.19. The molecule has 1 aromatic carbocycles. The molecule has 110 valence electrons. The third-order valence-electron chi connectivity index (χ3n) is 4.05. The molecule has 0 spiro atoms. The van der Waals surface area contributed by atoms with E-state index in [1.165, 1.54) is 19.2 Å². The van der Waals surface area contributed by atoms with Gasteiger partial charge in [0.2, 0.25) is 5.82 Å². The second kappa shape index (κ2) is 4.95. The molecule has 1 aromatic rings. The van der Waals surface area contributed by atoms with Gasteiger partial charge in [0.15, 0.2) is 11.6 Å². The van der Waals surface area contributed by atoms with E-state index >= 15 is 0 Å². The summed E-state index contributed by atoms with van der Waals surface area (Å²) in [4.78, 5) is 0. The summed E-state index contributed by atoms with van der Waals surface area (Å²) < 4.78 is 38.2. The smallest absolute Gasteiger partial charge is 0.200 e. The van der Waals surface area contributed by atoms with Crippen molar-refractivity contribution in [3.05, 3.63) is 29.3 Å². The van der Waals surface area contributed by atoms with Gasteiger partial charge in [0.05, 0.1) is 25.9 Å². The zero-order valence-corrected chi connectivity index (χ0v) is 11.2. The van der Waals surface area contributed by atoms with Crippen LogP contribution in [0, 0.1) is 11.6 Å². The zero-order chi connectivity index (χ0) is 14.3. The largest absolute Gasteiger partial charge is 0.494 e. The van der Waals surface area contributed by atoms with Crippen molar-refractivity contribution in [1.82, 2.24) is 5.32 Å². The standard InChI is InChI=1S/C14H17F2NO3/c1-19-11-3-2-10(12(15)13(11)16)14(18)4-8-6-20-7-9(5-14)17-8/h2-3,8-9,17-18H,4-7H2,1H3.